The molecule has 0 spiro atoms. The van der Waals surface area contributed by atoms with Crippen molar-refractivity contribution >= 4 is 47.8 Å². The van der Waals surface area contributed by atoms with Gasteiger partial charge in [0, 0.05) is 24.2 Å². The summed E-state index contributed by atoms with van der Waals surface area (Å²) in [7, 11) is 0. The summed E-state index contributed by atoms with van der Waals surface area (Å²) >= 11 is 0. The smallest absolute Gasteiger partial charge is 0.416 e. The number of rotatable bonds is 24. The number of nitrogens with one attached hydrogen (secondary N) is 6. The molecule has 0 fully saturated rings. The molecule has 18 nitrogen and oxygen atoms in total. The van der Waals surface area contributed by atoms with Gasteiger partial charge in [-0.1, -0.05) is 30.3 Å². The van der Waals surface area contributed by atoms with Gasteiger partial charge in [-0.2, -0.15) is 26.3 Å². The third-order valence-corrected chi connectivity index (χ3v) is 9.17. The summed E-state index contributed by atoms with van der Waals surface area (Å²) in [5, 5.41) is 33.1. The maximum atomic E-state index is 12.7. The van der Waals surface area contributed by atoms with Crippen molar-refractivity contribution < 1.29 is 84.4 Å². The van der Waals surface area contributed by atoms with Crippen LogP contribution < -0.4 is 31.9 Å². The monoisotopic (exact) mass is 940 g/mol. The van der Waals surface area contributed by atoms with Crippen LogP contribution in [-0.2, 0) is 54.2 Å². The van der Waals surface area contributed by atoms with Crippen LogP contribution in [0.15, 0.2) is 72.8 Å². The number of aliphatic carboxylic acids is 2. The van der Waals surface area contributed by atoms with Crippen LogP contribution in [0.4, 0.5) is 35.9 Å². The first-order valence-electron chi connectivity index (χ1n) is 20.0. The highest BCUT2D eigenvalue weighted by Crippen LogP contribution is 2.30. The van der Waals surface area contributed by atoms with E-state index in [2.05, 4.69) is 31.9 Å². The molecule has 24 heteroatoms. The van der Waals surface area contributed by atoms with Crippen molar-refractivity contribution in [1.29, 1.82) is 0 Å². The van der Waals surface area contributed by atoms with E-state index in [0.717, 1.165) is 48.5 Å². The molecule has 0 bridgehead atoms. The van der Waals surface area contributed by atoms with Crippen molar-refractivity contribution in [1.82, 2.24) is 31.9 Å². The number of carboxylic acid groups (broad SMARTS) is 2. The Bertz CT molecular complexity index is 2010. The average Bonchev–Trinajstić information content (AvgIpc) is 3.27. The Hall–Kier alpha value is -7.40. The van der Waals surface area contributed by atoms with Crippen molar-refractivity contribution in [3.63, 3.8) is 0 Å². The predicted molar refractivity (Wildman–Crippen MR) is 217 cm³/mol. The van der Waals surface area contributed by atoms with E-state index in [9.17, 15) is 74.9 Å². The first-order valence-corrected chi connectivity index (χ1v) is 20.0. The third kappa shape index (κ3) is 19.6. The molecule has 2 atom stereocenters. The zero-order valence-electron chi connectivity index (χ0n) is 34.8. The van der Waals surface area contributed by atoms with Crippen molar-refractivity contribution in [2.75, 3.05) is 26.2 Å². The van der Waals surface area contributed by atoms with Gasteiger partial charge in [0.2, 0.25) is 11.8 Å². The molecule has 8 N–H and O–H groups in total. The maximum absolute atomic E-state index is 12.7. The summed E-state index contributed by atoms with van der Waals surface area (Å²) in [4.78, 5) is 97.3. The molecule has 0 radical (unpaired) electrons. The zero-order chi connectivity index (χ0) is 48.9. The highest BCUT2D eigenvalue weighted by Gasteiger charge is 2.31. The molecule has 358 valence electrons. The molecule has 0 aliphatic rings. The predicted octanol–water partition coefficient (Wildman–Crippen LogP) is 4.52. The molecular weight excluding hydrogens is 894 g/mol. The number of alkyl carbamates (subject to hydrolysis) is 2. The minimum atomic E-state index is -4.54. The van der Waals surface area contributed by atoms with Gasteiger partial charge in [0.1, 0.15) is 25.3 Å². The van der Waals surface area contributed by atoms with Gasteiger partial charge in [-0.3, -0.25) is 19.2 Å². The Morgan fingerprint density at radius 1 is 0.515 bits per heavy atom. The number of carboxylic acids is 2. The number of amides is 6. The standard InChI is InChI=1S/C42H46F6N6O12/c43-41(44,45)29-14-10-25(11-15-29)23-65-39(63)53-31(37(59)60)8-1-3-18-49-33(55)21-51-35(57)27-6-5-7-28(20-27)36(58)52-22-34(56)50-19-4-2-9-32(38(61)62)54-40(64)66-24-26-12-16-30(17-13-26)42(46,47)48/h5-7,10-17,20,31-32H,1-4,8-9,18-19,21-24H2,(H,49,55)(H,50,56)(H,51,57)(H,52,58)(H,53,63)(H,54,64)(H,59,60)(H,61,62)/t31-,32?/m0/s1. The second kappa shape index (κ2) is 25.8. The van der Waals surface area contributed by atoms with Gasteiger partial charge in [-0.15, -0.1) is 0 Å². The van der Waals surface area contributed by atoms with Crippen molar-refractivity contribution in [2.24, 2.45) is 0 Å². The number of carbonyl (C=O) groups excluding carboxylic acids is 6. The number of hydrogen-bond acceptors (Lipinski definition) is 10. The van der Waals surface area contributed by atoms with Crippen LogP contribution in [0.1, 0.15) is 81.5 Å². The highest BCUT2D eigenvalue weighted by atomic mass is 19.4. The van der Waals surface area contributed by atoms with Crippen LogP contribution in [0.2, 0.25) is 0 Å². The molecular formula is C42H46F6N6O12. The third-order valence-electron chi connectivity index (χ3n) is 9.17. The summed E-state index contributed by atoms with van der Waals surface area (Å²) < 4.78 is 86.1. The highest BCUT2D eigenvalue weighted by molar-refractivity contribution is 6.01. The summed E-state index contributed by atoms with van der Waals surface area (Å²) in [5.74, 6) is -5.30. The molecule has 0 saturated carbocycles. The first-order chi connectivity index (χ1) is 31.1. The van der Waals surface area contributed by atoms with Gasteiger partial charge in [-0.25, -0.2) is 19.2 Å². The van der Waals surface area contributed by atoms with E-state index in [1.165, 1.54) is 24.3 Å². The summed E-state index contributed by atoms with van der Waals surface area (Å²) in [5.41, 5.74) is -1.23. The lowest BCUT2D eigenvalue weighted by molar-refractivity contribution is -0.140. The molecule has 3 aromatic rings. The van der Waals surface area contributed by atoms with E-state index >= 15 is 0 Å². The number of hydrogen-bond donors (Lipinski definition) is 8. The number of ether oxygens (including phenoxy) is 2. The molecule has 0 aliphatic carbocycles. The van der Waals surface area contributed by atoms with Gasteiger partial charge in [0.15, 0.2) is 0 Å². The molecule has 1 unspecified atom stereocenters. The van der Waals surface area contributed by atoms with Gasteiger partial charge in [0.05, 0.1) is 24.2 Å². The van der Waals surface area contributed by atoms with Crippen LogP contribution in [0, 0.1) is 0 Å². The number of unbranched alkanes of at least 4 members (excludes halogenated alkanes) is 2. The van der Waals surface area contributed by atoms with Crippen LogP contribution in [-0.4, -0.2) is 96.2 Å². The van der Waals surface area contributed by atoms with Gasteiger partial charge in [0.25, 0.3) is 11.8 Å². The lowest BCUT2D eigenvalue weighted by Gasteiger charge is -2.15. The van der Waals surface area contributed by atoms with Gasteiger partial charge >= 0.3 is 36.5 Å². The Morgan fingerprint density at radius 3 is 1.21 bits per heavy atom. The fourth-order valence-corrected chi connectivity index (χ4v) is 5.61. The van der Waals surface area contributed by atoms with Gasteiger partial charge < -0.3 is 51.6 Å². The molecule has 0 saturated heterocycles. The molecule has 0 aliphatic heterocycles. The van der Waals surface area contributed by atoms with Crippen molar-refractivity contribution in [3.05, 3.63) is 106 Å². The number of alkyl halides is 6. The number of benzene rings is 3. The summed E-state index contributed by atoms with van der Waals surface area (Å²) in [6.07, 6.45) is -10.3. The zero-order valence-corrected chi connectivity index (χ0v) is 34.8. The molecule has 66 heavy (non-hydrogen) atoms. The van der Waals surface area contributed by atoms with Crippen LogP contribution in [0.25, 0.3) is 0 Å². The second-order valence-electron chi connectivity index (χ2n) is 14.2. The van der Waals surface area contributed by atoms with Crippen molar-refractivity contribution in [3.8, 4) is 0 Å². The van der Waals surface area contributed by atoms with E-state index in [1.54, 1.807) is 0 Å². The Morgan fingerprint density at radius 2 is 0.879 bits per heavy atom. The quantitative estimate of drug-likeness (QED) is 0.0456. The number of carbonyl (C=O) groups is 8. The van der Waals surface area contributed by atoms with Crippen LogP contribution >= 0.6 is 0 Å². The largest absolute Gasteiger partial charge is 0.480 e. The topological polar surface area (TPSA) is 268 Å². The SMILES string of the molecule is O=C(CNC(=O)c1cccc(C(=O)NCC(=O)NCCCC[C@H](NC(=O)OCc2ccc(C(F)(F)F)cc2)C(=O)O)c1)NCCCCC(NC(=O)OCc1ccc(C(F)(F)F)cc1)C(=O)O. The van der Waals surface area contributed by atoms with E-state index in [4.69, 9.17) is 9.47 Å². The normalized spacial score (nSPS) is 12.1. The summed E-state index contributed by atoms with van der Waals surface area (Å²) in [6, 6.07) is 10.4. The fourth-order valence-electron chi connectivity index (χ4n) is 5.61. The summed E-state index contributed by atoms with van der Waals surface area (Å²) in [6.45, 7) is -1.52. The van der Waals surface area contributed by atoms with E-state index in [-0.39, 0.29) is 73.9 Å². The lowest BCUT2D eigenvalue weighted by atomic mass is 10.1. The van der Waals surface area contributed by atoms with Crippen LogP contribution in [0.3, 0.4) is 0 Å². The van der Waals surface area contributed by atoms with Crippen molar-refractivity contribution in [2.45, 2.75) is 76.2 Å². The van der Waals surface area contributed by atoms with E-state index < -0.39 is 110 Å². The maximum Gasteiger partial charge on any atom is 0.416 e. The molecule has 0 heterocycles. The molecule has 3 rings (SSSR count). The first kappa shape index (κ1) is 52.9. The Labute approximate surface area is 372 Å². The Balaban J connectivity index is 1.28. The molecule has 6 amide bonds. The molecule has 0 aromatic heterocycles. The minimum absolute atomic E-state index is 0.0200. The van der Waals surface area contributed by atoms with Gasteiger partial charge in [-0.05, 0) is 92.1 Å². The van der Waals surface area contributed by atoms with Crippen LogP contribution in [0.5, 0.6) is 0 Å². The average molecular weight is 941 g/mol. The van der Waals surface area contributed by atoms with E-state index in [1.807, 2.05) is 0 Å². The molecule has 3 aromatic carbocycles. The number of halogens is 6. The Kier molecular flexibility index (Phi) is 20.7. The lowest BCUT2D eigenvalue weighted by Crippen LogP contribution is -2.41. The minimum Gasteiger partial charge on any atom is -0.480 e. The second-order valence-corrected chi connectivity index (χ2v) is 14.2. The van der Waals surface area contributed by atoms with E-state index in [0.29, 0.717) is 0 Å². The fraction of sp³-hybridized carbons (Fsp3) is 0.381.